The first-order valence-corrected chi connectivity index (χ1v) is 8.67. The third-order valence-electron chi connectivity index (χ3n) is 3.00. The molecule has 3 rings (SSSR count). The van der Waals surface area contributed by atoms with Gasteiger partial charge in [0.15, 0.2) is 5.82 Å². The highest BCUT2D eigenvalue weighted by atomic mass is 32.2. The first kappa shape index (κ1) is 13.6. The number of aromatic nitrogens is 2. The third kappa shape index (κ3) is 3.20. The van der Waals surface area contributed by atoms with E-state index in [1.807, 2.05) is 6.07 Å². The van der Waals surface area contributed by atoms with Gasteiger partial charge >= 0.3 is 0 Å². The molecule has 0 amide bonds. The van der Waals surface area contributed by atoms with E-state index in [-0.39, 0.29) is 0 Å². The summed E-state index contributed by atoms with van der Waals surface area (Å²) in [5, 5.41) is 7.38. The van der Waals surface area contributed by atoms with Crippen molar-refractivity contribution in [3.63, 3.8) is 0 Å². The van der Waals surface area contributed by atoms with Crippen LogP contribution in [0.4, 0.5) is 5.82 Å². The summed E-state index contributed by atoms with van der Waals surface area (Å²) in [5.74, 6) is 0.332. The van der Waals surface area contributed by atoms with Gasteiger partial charge in [-0.15, -0.1) is 11.3 Å². The van der Waals surface area contributed by atoms with E-state index in [1.54, 1.807) is 30.1 Å². The topological polar surface area (TPSA) is 76.0 Å². The Hall–Kier alpha value is -1.38. The molecule has 2 aromatic rings. The van der Waals surface area contributed by atoms with Crippen LogP contribution in [0.1, 0.15) is 17.7 Å². The highest BCUT2D eigenvalue weighted by Crippen LogP contribution is 2.25. The molecule has 2 heterocycles. The van der Waals surface area contributed by atoms with Crippen molar-refractivity contribution >= 4 is 27.2 Å². The molecule has 2 aromatic heterocycles. The Kier molecular flexibility index (Phi) is 3.53. The summed E-state index contributed by atoms with van der Waals surface area (Å²) in [6.07, 6.45) is 4.13. The van der Waals surface area contributed by atoms with Gasteiger partial charge in [0.25, 0.3) is 10.0 Å². The van der Waals surface area contributed by atoms with Crippen molar-refractivity contribution in [3.8, 4) is 0 Å². The molecule has 2 N–H and O–H groups in total. The summed E-state index contributed by atoms with van der Waals surface area (Å²) in [7, 11) is -1.80. The van der Waals surface area contributed by atoms with E-state index >= 15 is 0 Å². The molecular formula is C12H16N4O2S2. The molecule has 1 fully saturated rings. The number of rotatable bonds is 6. The van der Waals surface area contributed by atoms with E-state index in [9.17, 15) is 8.42 Å². The van der Waals surface area contributed by atoms with Gasteiger partial charge in [-0.1, -0.05) is 0 Å². The van der Waals surface area contributed by atoms with Crippen molar-refractivity contribution < 1.29 is 8.42 Å². The summed E-state index contributed by atoms with van der Waals surface area (Å²) in [6, 6.07) is 5.73. The highest BCUT2D eigenvalue weighted by Gasteiger charge is 2.21. The predicted molar refractivity (Wildman–Crippen MR) is 78.2 cm³/mol. The maximum absolute atomic E-state index is 12.2. The minimum absolute atomic E-state index is 0.316. The molecule has 0 aromatic carbocycles. The van der Waals surface area contributed by atoms with Gasteiger partial charge in [0, 0.05) is 36.8 Å². The Bertz CT molecular complexity index is 701. The Morgan fingerprint density at radius 2 is 2.20 bits per heavy atom. The van der Waals surface area contributed by atoms with Crippen LogP contribution < -0.4 is 10.0 Å². The number of nitrogens with one attached hydrogen (secondary N) is 2. The summed E-state index contributed by atoms with van der Waals surface area (Å²) in [4.78, 5) is 1.03. The van der Waals surface area contributed by atoms with Gasteiger partial charge in [-0.05, 0) is 25.0 Å². The number of aryl methyl sites for hydroxylation is 1. The van der Waals surface area contributed by atoms with Gasteiger partial charge in [0.1, 0.15) is 4.21 Å². The van der Waals surface area contributed by atoms with Crippen LogP contribution in [0.25, 0.3) is 0 Å². The van der Waals surface area contributed by atoms with E-state index in [1.165, 1.54) is 24.2 Å². The lowest BCUT2D eigenvalue weighted by molar-refractivity contribution is 0.603. The number of nitrogens with zero attached hydrogens (tertiary/aromatic N) is 2. The average Bonchev–Trinajstić information content (AvgIpc) is 2.93. The fourth-order valence-corrected chi connectivity index (χ4v) is 4.09. The molecule has 108 valence electrons. The van der Waals surface area contributed by atoms with Crippen LogP contribution >= 0.6 is 11.3 Å². The Labute approximate surface area is 121 Å². The van der Waals surface area contributed by atoms with Gasteiger partial charge in [-0.3, -0.25) is 9.40 Å². The van der Waals surface area contributed by atoms with Crippen LogP contribution in [0.15, 0.2) is 28.6 Å². The minimum atomic E-state index is -3.54. The van der Waals surface area contributed by atoms with Crippen LogP contribution in [-0.4, -0.2) is 24.2 Å². The van der Waals surface area contributed by atoms with Crippen molar-refractivity contribution in [2.24, 2.45) is 7.05 Å². The molecule has 8 heteroatoms. The van der Waals surface area contributed by atoms with Crippen molar-refractivity contribution in [2.75, 3.05) is 4.72 Å². The van der Waals surface area contributed by atoms with Gasteiger partial charge in [0.2, 0.25) is 0 Å². The minimum Gasteiger partial charge on any atom is -0.309 e. The van der Waals surface area contributed by atoms with Crippen molar-refractivity contribution in [1.29, 1.82) is 0 Å². The SMILES string of the molecule is Cn1ccc(NS(=O)(=O)c2ccc(CNC3CC3)s2)n1. The Balaban J connectivity index is 1.69. The zero-order valence-electron chi connectivity index (χ0n) is 11.0. The van der Waals surface area contributed by atoms with Crippen LogP contribution in [0.2, 0.25) is 0 Å². The Morgan fingerprint density at radius 1 is 1.40 bits per heavy atom. The van der Waals surface area contributed by atoms with Crippen LogP contribution in [0.5, 0.6) is 0 Å². The molecule has 0 spiro atoms. The second-order valence-electron chi connectivity index (χ2n) is 4.86. The fourth-order valence-electron chi connectivity index (χ4n) is 1.79. The molecule has 0 saturated heterocycles. The van der Waals surface area contributed by atoms with E-state index < -0.39 is 10.0 Å². The maximum Gasteiger partial charge on any atom is 0.272 e. The van der Waals surface area contributed by atoms with Crippen LogP contribution in [-0.2, 0) is 23.6 Å². The number of sulfonamides is 1. The zero-order chi connectivity index (χ0) is 14.2. The lowest BCUT2D eigenvalue weighted by Gasteiger charge is -2.02. The molecule has 0 bridgehead atoms. The van der Waals surface area contributed by atoms with Crippen molar-refractivity contribution in [2.45, 2.75) is 29.6 Å². The smallest absolute Gasteiger partial charge is 0.272 e. The molecule has 0 radical (unpaired) electrons. The summed E-state index contributed by atoms with van der Waals surface area (Å²) in [6.45, 7) is 0.731. The highest BCUT2D eigenvalue weighted by molar-refractivity contribution is 7.94. The van der Waals surface area contributed by atoms with Crippen molar-refractivity contribution in [3.05, 3.63) is 29.3 Å². The maximum atomic E-state index is 12.2. The average molecular weight is 312 g/mol. The molecule has 1 aliphatic rings. The van der Waals surface area contributed by atoms with Gasteiger partial charge in [-0.2, -0.15) is 5.10 Å². The summed E-state index contributed by atoms with van der Waals surface area (Å²) < 4.78 is 28.8. The molecule has 20 heavy (non-hydrogen) atoms. The second kappa shape index (κ2) is 5.19. The predicted octanol–water partition coefficient (Wildman–Crippen LogP) is 1.53. The second-order valence-corrected chi connectivity index (χ2v) is 7.93. The third-order valence-corrected chi connectivity index (χ3v) is 5.93. The van der Waals surface area contributed by atoms with E-state index in [2.05, 4.69) is 15.1 Å². The van der Waals surface area contributed by atoms with Gasteiger partial charge in [-0.25, -0.2) is 8.42 Å². The summed E-state index contributed by atoms with van der Waals surface area (Å²) in [5.41, 5.74) is 0. The Morgan fingerprint density at radius 3 is 2.85 bits per heavy atom. The van der Waals surface area contributed by atoms with Gasteiger partial charge in [0.05, 0.1) is 0 Å². The van der Waals surface area contributed by atoms with Crippen molar-refractivity contribution in [1.82, 2.24) is 15.1 Å². The van der Waals surface area contributed by atoms with E-state index in [4.69, 9.17) is 0 Å². The first-order chi connectivity index (χ1) is 9.53. The molecule has 1 aliphatic carbocycles. The van der Waals surface area contributed by atoms with Gasteiger partial charge < -0.3 is 5.32 Å². The fraction of sp³-hybridized carbons (Fsp3) is 0.417. The number of hydrogen-bond donors (Lipinski definition) is 2. The van der Waals surface area contributed by atoms with Crippen LogP contribution in [0.3, 0.4) is 0 Å². The quantitative estimate of drug-likeness (QED) is 0.848. The normalized spacial score (nSPS) is 15.4. The lowest BCUT2D eigenvalue weighted by atomic mass is 10.4. The molecule has 0 atom stereocenters. The molecule has 0 aliphatic heterocycles. The standard InChI is InChI=1S/C12H16N4O2S2/c1-16-7-6-11(14-16)15-20(17,18)12-5-4-10(19-12)8-13-9-2-3-9/h4-7,9,13H,2-3,8H2,1H3,(H,14,15). The lowest BCUT2D eigenvalue weighted by Crippen LogP contribution is -2.14. The summed E-state index contributed by atoms with van der Waals surface area (Å²) >= 11 is 1.29. The molecule has 6 nitrogen and oxygen atoms in total. The molecule has 0 unspecified atom stereocenters. The van der Waals surface area contributed by atoms with E-state index in [0.29, 0.717) is 16.1 Å². The number of thiophene rings is 1. The largest absolute Gasteiger partial charge is 0.309 e. The molecular weight excluding hydrogens is 296 g/mol. The van der Waals surface area contributed by atoms with Crippen LogP contribution in [0, 0.1) is 0 Å². The number of anilines is 1. The first-order valence-electron chi connectivity index (χ1n) is 6.37. The number of hydrogen-bond acceptors (Lipinski definition) is 5. The zero-order valence-corrected chi connectivity index (χ0v) is 12.7. The monoisotopic (exact) mass is 312 g/mol. The molecule has 1 saturated carbocycles. The van der Waals surface area contributed by atoms with E-state index in [0.717, 1.165) is 11.4 Å².